The van der Waals surface area contributed by atoms with Gasteiger partial charge in [-0.25, -0.2) is 0 Å². The third kappa shape index (κ3) is 9.13. The standard InChI is InChI=1S/C13H29NO2/c1-6-15-7-8-16-13(12(4)5)10-14-9-11(2)3/h11-14H,6-10H2,1-5H3. The molecule has 0 amide bonds. The smallest absolute Gasteiger partial charge is 0.0723 e. The van der Waals surface area contributed by atoms with Crippen molar-refractivity contribution in [3.05, 3.63) is 0 Å². The number of hydrogen-bond acceptors (Lipinski definition) is 3. The molecule has 1 atom stereocenters. The van der Waals surface area contributed by atoms with Crippen molar-refractivity contribution in [2.24, 2.45) is 11.8 Å². The molecule has 0 aromatic rings. The van der Waals surface area contributed by atoms with Crippen LogP contribution in [0.2, 0.25) is 0 Å². The highest BCUT2D eigenvalue weighted by molar-refractivity contribution is 4.66. The summed E-state index contributed by atoms with van der Waals surface area (Å²) in [5.41, 5.74) is 0. The number of nitrogens with one attached hydrogen (secondary N) is 1. The van der Waals surface area contributed by atoms with Crippen LogP contribution in [-0.4, -0.2) is 39.0 Å². The lowest BCUT2D eigenvalue weighted by Crippen LogP contribution is -2.35. The predicted molar refractivity (Wildman–Crippen MR) is 68.8 cm³/mol. The van der Waals surface area contributed by atoms with Crippen LogP contribution >= 0.6 is 0 Å². The van der Waals surface area contributed by atoms with Gasteiger partial charge < -0.3 is 14.8 Å². The van der Waals surface area contributed by atoms with Gasteiger partial charge in [0.05, 0.1) is 19.3 Å². The van der Waals surface area contributed by atoms with Gasteiger partial charge in [-0.15, -0.1) is 0 Å². The molecule has 0 radical (unpaired) electrons. The molecule has 0 aliphatic carbocycles. The first-order valence-electron chi connectivity index (χ1n) is 6.48. The molecule has 0 heterocycles. The SMILES string of the molecule is CCOCCOC(CNCC(C)C)C(C)C. The number of rotatable bonds is 10. The Balaban J connectivity index is 3.63. The van der Waals surface area contributed by atoms with E-state index in [0.717, 1.165) is 19.7 Å². The zero-order valence-corrected chi connectivity index (χ0v) is 11.6. The molecule has 98 valence electrons. The van der Waals surface area contributed by atoms with Gasteiger partial charge >= 0.3 is 0 Å². The van der Waals surface area contributed by atoms with Crippen molar-refractivity contribution in [3.63, 3.8) is 0 Å². The maximum Gasteiger partial charge on any atom is 0.0723 e. The maximum absolute atomic E-state index is 5.80. The summed E-state index contributed by atoms with van der Waals surface area (Å²) in [6, 6.07) is 0. The second-order valence-electron chi connectivity index (χ2n) is 4.90. The molecule has 0 saturated heterocycles. The minimum absolute atomic E-state index is 0.291. The van der Waals surface area contributed by atoms with Crippen LogP contribution in [0.1, 0.15) is 34.6 Å². The van der Waals surface area contributed by atoms with Crippen LogP contribution in [0, 0.1) is 11.8 Å². The van der Waals surface area contributed by atoms with Gasteiger partial charge in [0.15, 0.2) is 0 Å². The van der Waals surface area contributed by atoms with Gasteiger partial charge in [0.1, 0.15) is 0 Å². The Morgan fingerprint density at radius 1 is 1.00 bits per heavy atom. The van der Waals surface area contributed by atoms with E-state index >= 15 is 0 Å². The van der Waals surface area contributed by atoms with E-state index in [1.807, 2.05) is 6.92 Å². The highest BCUT2D eigenvalue weighted by atomic mass is 16.5. The van der Waals surface area contributed by atoms with Crippen LogP contribution in [0.4, 0.5) is 0 Å². The van der Waals surface area contributed by atoms with Crippen molar-refractivity contribution in [2.45, 2.75) is 40.7 Å². The monoisotopic (exact) mass is 231 g/mol. The van der Waals surface area contributed by atoms with E-state index in [1.165, 1.54) is 0 Å². The van der Waals surface area contributed by atoms with Crippen LogP contribution in [0.25, 0.3) is 0 Å². The molecular formula is C13H29NO2. The molecule has 16 heavy (non-hydrogen) atoms. The normalized spacial score (nSPS) is 13.7. The molecule has 0 aromatic heterocycles. The molecule has 0 aromatic carbocycles. The Bertz CT molecular complexity index is 149. The van der Waals surface area contributed by atoms with Crippen molar-refractivity contribution in [3.8, 4) is 0 Å². The molecule has 3 nitrogen and oxygen atoms in total. The predicted octanol–water partition coefficient (Wildman–Crippen LogP) is 2.31. The third-order valence-corrected chi connectivity index (χ3v) is 2.41. The number of ether oxygens (including phenoxy) is 2. The lowest BCUT2D eigenvalue weighted by Gasteiger charge is -2.22. The molecule has 0 rings (SSSR count). The minimum Gasteiger partial charge on any atom is -0.379 e. The summed E-state index contributed by atoms with van der Waals surface area (Å²) in [5, 5.41) is 3.44. The van der Waals surface area contributed by atoms with Gasteiger partial charge in [-0.05, 0) is 25.3 Å². The first-order valence-corrected chi connectivity index (χ1v) is 6.48. The Kier molecular flexibility index (Phi) is 9.99. The van der Waals surface area contributed by atoms with Crippen molar-refractivity contribution < 1.29 is 9.47 Å². The first-order chi connectivity index (χ1) is 7.57. The zero-order chi connectivity index (χ0) is 12.4. The van der Waals surface area contributed by atoms with Crippen LogP contribution in [-0.2, 0) is 9.47 Å². The highest BCUT2D eigenvalue weighted by Crippen LogP contribution is 2.05. The lowest BCUT2D eigenvalue weighted by atomic mass is 10.1. The number of hydrogen-bond donors (Lipinski definition) is 1. The quantitative estimate of drug-likeness (QED) is 0.585. The van der Waals surface area contributed by atoms with Gasteiger partial charge in [-0.2, -0.15) is 0 Å². The largest absolute Gasteiger partial charge is 0.379 e. The summed E-state index contributed by atoms with van der Waals surface area (Å²) < 4.78 is 11.1. The van der Waals surface area contributed by atoms with E-state index in [9.17, 15) is 0 Å². The molecule has 0 aliphatic rings. The van der Waals surface area contributed by atoms with Gasteiger partial charge in [-0.3, -0.25) is 0 Å². The average molecular weight is 231 g/mol. The summed E-state index contributed by atoms with van der Waals surface area (Å²) in [6.07, 6.45) is 0.291. The topological polar surface area (TPSA) is 30.5 Å². The molecule has 1 N–H and O–H groups in total. The second-order valence-corrected chi connectivity index (χ2v) is 4.90. The fourth-order valence-corrected chi connectivity index (χ4v) is 1.40. The van der Waals surface area contributed by atoms with E-state index in [2.05, 4.69) is 33.0 Å². The van der Waals surface area contributed by atoms with Crippen LogP contribution in [0.3, 0.4) is 0 Å². The molecule has 0 fully saturated rings. The van der Waals surface area contributed by atoms with Crippen LogP contribution < -0.4 is 5.32 Å². The summed E-state index contributed by atoms with van der Waals surface area (Å²) in [6.45, 7) is 15.0. The Hall–Kier alpha value is -0.120. The molecule has 3 heteroatoms. The summed E-state index contributed by atoms with van der Waals surface area (Å²) >= 11 is 0. The molecule has 0 bridgehead atoms. The Labute approximate surface area is 101 Å². The summed E-state index contributed by atoms with van der Waals surface area (Å²) in [5.74, 6) is 1.23. The van der Waals surface area contributed by atoms with Crippen LogP contribution in [0.15, 0.2) is 0 Å². The van der Waals surface area contributed by atoms with E-state index in [1.54, 1.807) is 0 Å². The summed E-state index contributed by atoms with van der Waals surface area (Å²) in [4.78, 5) is 0. The van der Waals surface area contributed by atoms with Crippen molar-refractivity contribution in [1.29, 1.82) is 0 Å². The molecule has 0 spiro atoms. The van der Waals surface area contributed by atoms with E-state index < -0.39 is 0 Å². The second kappa shape index (κ2) is 10.1. The fraction of sp³-hybridized carbons (Fsp3) is 1.00. The van der Waals surface area contributed by atoms with Crippen molar-refractivity contribution in [1.82, 2.24) is 5.32 Å². The maximum atomic E-state index is 5.80. The summed E-state index contributed by atoms with van der Waals surface area (Å²) in [7, 11) is 0. The van der Waals surface area contributed by atoms with Gasteiger partial charge in [0, 0.05) is 13.2 Å². The average Bonchev–Trinajstić information content (AvgIpc) is 2.20. The van der Waals surface area contributed by atoms with Gasteiger partial charge in [-0.1, -0.05) is 27.7 Å². The van der Waals surface area contributed by atoms with Crippen molar-refractivity contribution >= 4 is 0 Å². The highest BCUT2D eigenvalue weighted by Gasteiger charge is 2.13. The zero-order valence-electron chi connectivity index (χ0n) is 11.6. The van der Waals surface area contributed by atoms with E-state index in [-0.39, 0.29) is 0 Å². The molecular weight excluding hydrogens is 202 g/mol. The van der Waals surface area contributed by atoms with E-state index in [4.69, 9.17) is 9.47 Å². The van der Waals surface area contributed by atoms with Crippen LogP contribution in [0.5, 0.6) is 0 Å². The first kappa shape index (κ1) is 15.9. The third-order valence-electron chi connectivity index (χ3n) is 2.41. The Morgan fingerprint density at radius 3 is 2.19 bits per heavy atom. The fourth-order valence-electron chi connectivity index (χ4n) is 1.40. The van der Waals surface area contributed by atoms with Gasteiger partial charge in [0.2, 0.25) is 0 Å². The minimum atomic E-state index is 0.291. The van der Waals surface area contributed by atoms with E-state index in [0.29, 0.717) is 31.2 Å². The lowest BCUT2D eigenvalue weighted by molar-refractivity contribution is -0.0121. The molecule has 0 saturated carbocycles. The van der Waals surface area contributed by atoms with Crippen molar-refractivity contribution in [2.75, 3.05) is 32.9 Å². The molecule has 1 unspecified atom stereocenters. The Morgan fingerprint density at radius 2 is 1.69 bits per heavy atom. The molecule has 0 aliphatic heterocycles. The van der Waals surface area contributed by atoms with Gasteiger partial charge in [0.25, 0.3) is 0 Å².